The molecule has 23 heavy (non-hydrogen) atoms. The van der Waals surface area contributed by atoms with Gasteiger partial charge >= 0.3 is 11.7 Å². The zero-order valence-corrected chi connectivity index (χ0v) is 12.5. The first-order chi connectivity index (χ1) is 11.0. The molecule has 0 aliphatic heterocycles. The highest BCUT2D eigenvalue weighted by Crippen LogP contribution is 2.32. The van der Waals surface area contributed by atoms with E-state index in [1.54, 1.807) is 13.0 Å². The number of aromatic nitrogens is 1. The maximum absolute atomic E-state index is 11.3. The van der Waals surface area contributed by atoms with Crippen molar-refractivity contribution in [2.75, 3.05) is 13.7 Å². The first kappa shape index (κ1) is 16.2. The van der Waals surface area contributed by atoms with Gasteiger partial charge in [-0.1, -0.05) is 0 Å². The fraction of sp³-hybridized carbons (Fsp3) is 0.200. The van der Waals surface area contributed by atoms with E-state index in [0.29, 0.717) is 12.2 Å². The third kappa shape index (κ3) is 3.37. The van der Waals surface area contributed by atoms with Crippen molar-refractivity contribution in [3.8, 4) is 22.8 Å². The van der Waals surface area contributed by atoms with Crippen LogP contribution >= 0.6 is 0 Å². The van der Waals surface area contributed by atoms with E-state index in [0.717, 1.165) is 0 Å². The Hall–Kier alpha value is -3.16. The first-order valence-electron chi connectivity index (χ1n) is 6.66. The summed E-state index contributed by atoms with van der Waals surface area (Å²) in [6, 6.07) is 5.61. The second-order valence-electron chi connectivity index (χ2n) is 4.45. The molecule has 2 rings (SSSR count). The first-order valence-corrected chi connectivity index (χ1v) is 6.66. The highest BCUT2D eigenvalue weighted by Gasteiger charge is 2.18. The van der Waals surface area contributed by atoms with Crippen molar-refractivity contribution in [3.63, 3.8) is 0 Å². The monoisotopic (exact) mass is 318 g/mol. The third-order valence-corrected chi connectivity index (χ3v) is 3.07. The molecule has 1 aromatic carbocycles. The van der Waals surface area contributed by atoms with Crippen molar-refractivity contribution in [3.05, 3.63) is 46.1 Å². The molecule has 0 amide bonds. The van der Waals surface area contributed by atoms with Crippen LogP contribution in [0.15, 0.2) is 30.5 Å². The normalized spacial score (nSPS) is 10.2. The van der Waals surface area contributed by atoms with Gasteiger partial charge in [0.25, 0.3) is 0 Å². The molecule has 0 atom stereocenters. The molecular formula is C15H14N2O6. The predicted octanol–water partition coefficient (Wildman–Crippen LogP) is 2.76. The maximum atomic E-state index is 11.3. The van der Waals surface area contributed by atoms with Crippen molar-refractivity contribution in [2.45, 2.75) is 6.92 Å². The van der Waals surface area contributed by atoms with Crippen LogP contribution in [0.5, 0.6) is 11.5 Å². The summed E-state index contributed by atoms with van der Waals surface area (Å²) in [7, 11) is 1.33. The number of carboxylic acid groups (broad SMARTS) is 1. The minimum Gasteiger partial charge on any atom is -0.491 e. The average molecular weight is 318 g/mol. The molecule has 0 aliphatic rings. The Bertz CT molecular complexity index is 760. The highest BCUT2D eigenvalue weighted by molar-refractivity contribution is 5.92. The second-order valence-corrected chi connectivity index (χ2v) is 4.45. The minimum atomic E-state index is -1.17. The summed E-state index contributed by atoms with van der Waals surface area (Å²) in [5.74, 6) is -0.907. The number of aromatic carboxylic acids is 1. The smallest absolute Gasteiger partial charge is 0.339 e. The number of carbonyl (C=O) groups is 1. The Morgan fingerprint density at radius 2 is 2.09 bits per heavy atom. The zero-order valence-electron chi connectivity index (χ0n) is 12.5. The second kappa shape index (κ2) is 6.73. The number of hydrogen-bond donors (Lipinski definition) is 1. The molecular weight excluding hydrogens is 304 g/mol. The van der Waals surface area contributed by atoms with Crippen molar-refractivity contribution in [1.82, 2.24) is 4.98 Å². The van der Waals surface area contributed by atoms with Gasteiger partial charge < -0.3 is 14.6 Å². The number of pyridine rings is 1. The Kier molecular flexibility index (Phi) is 4.75. The van der Waals surface area contributed by atoms with E-state index in [4.69, 9.17) is 9.47 Å². The van der Waals surface area contributed by atoms with Crippen LogP contribution in [0.1, 0.15) is 17.3 Å². The molecule has 2 aromatic rings. The van der Waals surface area contributed by atoms with Crippen LogP contribution in [0.4, 0.5) is 5.69 Å². The van der Waals surface area contributed by atoms with Crippen LogP contribution < -0.4 is 9.47 Å². The summed E-state index contributed by atoms with van der Waals surface area (Å²) in [5.41, 5.74) is 0.410. The summed E-state index contributed by atoms with van der Waals surface area (Å²) < 4.78 is 10.2. The van der Waals surface area contributed by atoms with Crippen LogP contribution in [0, 0.1) is 10.1 Å². The lowest BCUT2D eigenvalue weighted by Crippen LogP contribution is -2.04. The number of rotatable bonds is 6. The van der Waals surface area contributed by atoms with Gasteiger partial charge in [-0.05, 0) is 25.1 Å². The van der Waals surface area contributed by atoms with E-state index < -0.39 is 10.9 Å². The van der Waals surface area contributed by atoms with Crippen molar-refractivity contribution in [2.24, 2.45) is 0 Å². The van der Waals surface area contributed by atoms with Crippen molar-refractivity contribution >= 4 is 11.7 Å². The minimum absolute atomic E-state index is 0.0599. The topological polar surface area (TPSA) is 112 Å². The number of methoxy groups -OCH3 is 1. The van der Waals surface area contributed by atoms with E-state index in [9.17, 15) is 20.0 Å². The Morgan fingerprint density at radius 1 is 1.35 bits per heavy atom. The molecule has 0 spiro atoms. The van der Waals surface area contributed by atoms with Gasteiger partial charge in [-0.3, -0.25) is 15.1 Å². The van der Waals surface area contributed by atoms with Gasteiger partial charge in [0.15, 0.2) is 11.5 Å². The van der Waals surface area contributed by atoms with Gasteiger partial charge in [-0.25, -0.2) is 4.79 Å². The van der Waals surface area contributed by atoms with Gasteiger partial charge in [0, 0.05) is 11.6 Å². The molecule has 8 nitrogen and oxygen atoms in total. The van der Waals surface area contributed by atoms with Crippen molar-refractivity contribution < 1.29 is 24.3 Å². The lowest BCUT2D eigenvalue weighted by Gasteiger charge is -2.09. The maximum Gasteiger partial charge on any atom is 0.339 e. The molecule has 0 bridgehead atoms. The number of nitro groups is 1. The molecule has 1 heterocycles. The molecule has 0 radical (unpaired) electrons. The molecule has 8 heteroatoms. The number of carboxylic acids is 1. The summed E-state index contributed by atoms with van der Waals surface area (Å²) in [6.07, 6.45) is 1.29. The summed E-state index contributed by atoms with van der Waals surface area (Å²) in [5, 5.41) is 20.3. The Morgan fingerprint density at radius 3 is 2.65 bits per heavy atom. The number of nitrogens with zero attached hydrogens (tertiary/aromatic N) is 2. The van der Waals surface area contributed by atoms with Crippen LogP contribution in [-0.4, -0.2) is 34.7 Å². The molecule has 0 saturated heterocycles. The molecule has 1 aromatic heterocycles. The van der Waals surface area contributed by atoms with E-state index >= 15 is 0 Å². The van der Waals surface area contributed by atoms with Gasteiger partial charge in [0.2, 0.25) is 0 Å². The van der Waals surface area contributed by atoms with Crippen LogP contribution in [0.3, 0.4) is 0 Å². The standard InChI is InChI=1S/C15H14N2O6/c1-3-23-14-8-16-11(7-10(14)15(18)19)9-4-5-13(22-2)12(6-9)17(20)21/h4-8H,3H2,1-2H3,(H,18,19). The average Bonchev–Trinajstić information content (AvgIpc) is 2.54. The number of hydrogen-bond acceptors (Lipinski definition) is 6. The van der Waals surface area contributed by atoms with E-state index in [-0.39, 0.29) is 28.4 Å². The largest absolute Gasteiger partial charge is 0.491 e. The van der Waals surface area contributed by atoms with Gasteiger partial charge in [-0.2, -0.15) is 0 Å². The summed E-state index contributed by atoms with van der Waals surface area (Å²) >= 11 is 0. The predicted molar refractivity (Wildman–Crippen MR) is 81.0 cm³/mol. The summed E-state index contributed by atoms with van der Waals surface area (Å²) in [6.45, 7) is 2.03. The number of ether oxygens (including phenoxy) is 2. The molecule has 120 valence electrons. The quantitative estimate of drug-likeness (QED) is 0.643. The van der Waals surface area contributed by atoms with Crippen LogP contribution in [0.2, 0.25) is 0 Å². The molecule has 0 aliphatic carbocycles. The molecule has 0 saturated carbocycles. The van der Waals surface area contributed by atoms with E-state index in [1.807, 2.05) is 0 Å². The fourth-order valence-electron chi connectivity index (χ4n) is 2.03. The Labute approximate surface area is 131 Å². The molecule has 1 N–H and O–H groups in total. The van der Waals surface area contributed by atoms with Crippen LogP contribution in [0.25, 0.3) is 11.3 Å². The Balaban J connectivity index is 2.54. The third-order valence-electron chi connectivity index (χ3n) is 3.07. The number of nitro benzene ring substituents is 1. The van der Waals surface area contributed by atoms with Gasteiger partial charge in [-0.15, -0.1) is 0 Å². The number of benzene rings is 1. The SMILES string of the molecule is CCOc1cnc(-c2ccc(OC)c([N+](=O)[O-])c2)cc1C(=O)O. The lowest BCUT2D eigenvalue weighted by atomic mass is 10.1. The fourth-order valence-corrected chi connectivity index (χ4v) is 2.03. The van der Waals surface area contributed by atoms with Gasteiger partial charge in [0.1, 0.15) is 5.56 Å². The van der Waals surface area contributed by atoms with Gasteiger partial charge in [0.05, 0.1) is 30.5 Å². The van der Waals surface area contributed by atoms with Crippen LogP contribution in [-0.2, 0) is 0 Å². The highest BCUT2D eigenvalue weighted by atomic mass is 16.6. The van der Waals surface area contributed by atoms with E-state index in [2.05, 4.69) is 4.98 Å². The zero-order chi connectivity index (χ0) is 17.0. The molecule has 0 unspecified atom stereocenters. The summed E-state index contributed by atoms with van der Waals surface area (Å²) in [4.78, 5) is 25.9. The van der Waals surface area contributed by atoms with Crippen molar-refractivity contribution in [1.29, 1.82) is 0 Å². The molecule has 0 fully saturated rings. The van der Waals surface area contributed by atoms with E-state index in [1.165, 1.54) is 31.5 Å². The lowest BCUT2D eigenvalue weighted by molar-refractivity contribution is -0.385.